The van der Waals surface area contributed by atoms with Crippen molar-refractivity contribution in [2.24, 2.45) is 0 Å². The average Bonchev–Trinajstić information content (AvgIpc) is 3.01. The van der Waals surface area contributed by atoms with Crippen LogP contribution in [0.15, 0.2) is 42.5 Å². The Balaban J connectivity index is 1.73. The maximum absolute atomic E-state index is 12.6. The summed E-state index contributed by atoms with van der Waals surface area (Å²) in [4.78, 5) is 12.6. The predicted molar refractivity (Wildman–Crippen MR) is 105 cm³/mol. The van der Waals surface area contributed by atoms with Crippen molar-refractivity contribution in [2.75, 3.05) is 27.9 Å². The van der Waals surface area contributed by atoms with Gasteiger partial charge in [0.05, 0.1) is 21.3 Å². The normalized spacial score (nSPS) is 10.7. The van der Waals surface area contributed by atoms with E-state index in [4.69, 9.17) is 14.2 Å². The van der Waals surface area contributed by atoms with Gasteiger partial charge in [-0.1, -0.05) is 18.2 Å². The zero-order chi connectivity index (χ0) is 19.4. The van der Waals surface area contributed by atoms with Crippen molar-refractivity contribution < 1.29 is 19.0 Å². The molecule has 1 N–H and O–H groups in total. The standard InChI is InChI=1S/C21H24N2O4/c1-14-11-15-7-5-6-8-17(15)23(14)10-9-22-21(24)16-12-18(25-2)20(27-4)19(13-16)26-3/h5-8,11-13H,9-10H2,1-4H3,(H,22,24). The predicted octanol–water partition coefficient (Wildman–Crippen LogP) is 3.41. The van der Waals surface area contributed by atoms with Crippen molar-refractivity contribution in [3.8, 4) is 17.2 Å². The van der Waals surface area contributed by atoms with Gasteiger partial charge in [-0.25, -0.2) is 0 Å². The SMILES string of the molecule is COc1cc(C(=O)NCCn2c(C)cc3ccccc32)cc(OC)c1OC. The molecule has 3 aromatic rings. The van der Waals surface area contributed by atoms with Crippen LogP contribution in [0.4, 0.5) is 0 Å². The van der Waals surface area contributed by atoms with Gasteiger partial charge in [0.2, 0.25) is 5.75 Å². The fourth-order valence-electron chi connectivity index (χ4n) is 3.24. The molecule has 1 amide bonds. The van der Waals surface area contributed by atoms with Crippen molar-refractivity contribution in [3.05, 3.63) is 53.7 Å². The number of carbonyl (C=O) groups is 1. The molecule has 1 aromatic heterocycles. The van der Waals surface area contributed by atoms with Crippen LogP contribution in [-0.2, 0) is 6.54 Å². The Morgan fingerprint density at radius 1 is 1.00 bits per heavy atom. The average molecular weight is 368 g/mol. The fraction of sp³-hybridized carbons (Fsp3) is 0.286. The third-order valence-corrected chi connectivity index (χ3v) is 4.57. The van der Waals surface area contributed by atoms with Gasteiger partial charge < -0.3 is 24.1 Å². The van der Waals surface area contributed by atoms with Crippen molar-refractivity contribution in [1.29, 1.82) is 0 Å². The van der Waals surface area contributed by atoms with E-state index in [1.807, 2.05) is 12.1 Å². The lowest BCUT2D eigenvalue weighted by molar-refractivity contribution is 0.0951. The smallest absolute Gasteiger partial charge is 0.251 e. The highest BCUT2D eigenvalue weighted by Crippen LogP contribution is 2.38. The molecule has 0 saturated heterocycles. The van der Waals surface area contributed by atoms with E-state index in [1.54, 1.807) is 12.1 Å². The topological polar surface area (TPSA) is 61.7 Å². The van der Waals surface area contributed by atoms with Gasteiger partial charge in [0.15, 0.2) is 11.5 Å². The molecule has 2 aromatic carbocycles. The van der Waals surface area contributed by atoms with Crippen LogP contribution in [-0.4, -0.2) is 38.3 Å². The summed E-state index contributed by atoms with van der Waals surface area (Å²) >= 11 is 0. The van der Waals surface area contributed by atoms with Crippen LogP contribution in [0.25, 0.3) is 10.9 Å². The number of ether oxygens (including phenoxy) is 3. The van der Waals surface area contributed by atoms with E-state index in [0.29, 0.717) is 35.9 Å². The Morgan fingerprint density at radius 3 is 2.30 bits per heavy atom. The molecule has 0 bridgehead atoms. The number of hydrogen-bond donors (Lipinski definition) is 1. The Bertz CT molecular complexity index is 937. The summed E-state index contributed by atoms with van der Waals surface area (Å²) in [5.74, 6) is 1.18. The van der Waals surface area contributed by atoms with Crippen LogP contribution in [0.3, 0.4) is 0 Å². The van der Waals surface area contributed by atoms with Crippen molar-refractivity contribution in [3.63, 3.8) is 0 Å². The summed E-state index contributed by atoms with van der Waals surface area (Å²) in [5, 5.41) is 4.16. The zero-order valence-corrected chi connectivity index (χ0v) is 16.0. The van der Waals surface area contributed by atoms with Gasteiger partial charge in [0.1, 0.15) is 0 Å². The molecule has 6 heteroatoms. The molecule has 0 radical (unpaired) electrons. The fourth-order valence-corrected chi connectivity index (χ4v) is 3.24. The molecule has 0 fully saturated rings. The maximum Gasteiger partial charge on any atom is 0.251 e. The minimum absolute atomic E-state index is 0.191. The highest BCUT2D eigenvalue weighted by atomic mass is 16.5. The maximum atomic E-state index is 12.6. The number of benzene rings is 2. The Kier molecular flexibility index (Phi) is 5.54. The monoisotopic (exact) mass is 368 g/mol. The minimum atomic E-state index is -0.191. The summed E-state index contributed by atoms with van der Waals surface area (Å²) < 4.78 is 18.1. The number of carbonyl (C=O) groups excluding carboxylic acids is 1. The number of rotatable bonds is 7. The van der Waals surface area contributed by atoms with E-state index in [-0.39, 0.29) is 5.91 Å². The number of aromatic nitrogens is 1. The summed E-state index contributed by atoms with van der Waals surface area (Å²) in [6, 6.07) is 13.7. The van der Waals surface area contributed by atoms with Gasteiger partial charge in [-0.3, -0.25) is 4.79 Å². The molecule has 0 aliphatic carbocycles. The lowest BCUT2D eigenvalue weighted by atomic mass is 10.1. The molecular weight excluding hydrogens is 344 g/mol. The molecule has 27 heavy (non-hydrogen) atoms. The van der Waals surface area contributed by atoms with Gasteiger partial charge in [0.25, 0.3) is 5.91 Å². The number of nitrogens with zero attached hydrogens (tertiary/aromatic N) is 1. The molecule has 0 saturated carbocycles. The van der Waals surface area contributed by atoms with Crippen LogP contribution in [0.5, 0.6) is 17.2 Å². The number of methoxy groups -OCH3 is 3. The van der Waals surface area contributed by atoms with E-state index in [9.17, 15) is 4.79 Å². The second-order valence-corrected chi connectivity index (χ2v) is 6.17. The van der Waals surface area contributed by atoms with Crippen LogP contribution >= 0.6 is 0 Å². The van der Waals surface area contributed by atoms with Crippen molar-refractivity contribution in [2.45, 2.75) is 13.5 Å². The highest BCUT2D eigenvalue weighted by Gasteiger charge is 2.17. The Morgan fingerprint density at radius 2 is 1.67 bits per heavy atom. The van der Waals surface area contributed by atoms with Crippen LogP contribution < -0.4 is 19.5 Å². The van der Waals surface area contributed by atoms with Crippen LogP contribution in [0.2, 0.25) is 0 Å². The number of amides is 1. The van der Waals surface area contributed by atoms with Gasteiger partial charge in [-0.15, -0.1) is 0 Å². The quantitative estimate of drug-likeness (QED) is 0.694. The zero-order valence-electron chi connectivity index (χ0n) is 16.0. The second-order valence-electron chi connectivity index (χ2n) is 6.17. The lowest BCUT2D eigenvalue weighted by Crippen LogP contribution is -2.27. The van der Waals surface area contributed by atoms with Gasteiger partial charge in [0, 0.05) is 29.9 Å². The molecule has 3 rings (SSSR count). The largest absolute Gasteiger partial charge is 0.493 e. The molecular formula is C21H24N2O4. The summed E-state index contributed by atoms with van der Waals surface area (Å²) in [6.45, 7) is 3.27. The second kappa shape index (κ2) is 8.03. The third kappa shape index (κ3) is 3.69. The van der Waals surface area contributed by atoms with E-state index in [0.717, 1.165) is 5.52 Å². The van der Waals surface area contributed by atoms with E-state index < -0.39 is 0 Å². The van der Waals surface area contributed by atoms with E-state index in [1.165, 1.54) is 32.4 Å². The first-order chi connectivity index (χ1) is 13.1. The number of para-hydroxylation sites is 1. The summed E-state index contributed by atoms with van der Waals surface area (Å²) in [6.07, 6.45) is 0. The molecule has 0 aliphatic rings. The number of nitrogens with one attached hydrogen (secondary N) is 1. The summed E-state index contributed by atoms with van der Waals surface area (Å²) in [7, 11) is 4.58. The highest BCUT2D eigenvalue weighted by molar-refractivity contribution is 5.95. The van der Waals surface area contributed by atoms with E-state index in [2.05, 4.69) is 35.0 Å². The lowest BCUT2D eigenvalue weighted by Gasteiger charge is -2.14. The molecule has 0 aliphatic heterocycles. The number of fused-ring (bicyclic) bond motifs is 1. The molecule has 0 spiro atoms. The first-order valence-electron chi connectivity index (χ1n) is 8.72. The molecule has 142 valence electrons. The minimum Gasteiger partial charge on any atom is -0.493 e. The Hall–Kier alpha value is -3.15. The van der Waals surface area contributed by atoms with Gasteiger partial charge >= 0.3 is 0 Å². The molecule has 0 atom stereocenters. The number of aryl methyl sites for hydroxylation is 1. The third-order valence-electron chi connectivity index (χ3n) is 4.57. The van der Waals surface area contributed by atoms with Crippen molar-refractivity contribution in [1.82, 2.24) is 9.88 Å². The number of hydrogen-bond acceptors (Lipinski definition) is 4. The van der Waals surface area contributed by atoms with Gasteiger partial charge in [-0.05, 0) is 36.6 Å². The Labute approximate surface area is 158 Å². The van der Waals surface area contributed by atoms with Gasteiger partial charge in [-0.2, -0.15) is 0 Å². The van der Waals surface area contributed by atoms with Crippen LogP contribution in [0, 0.1) is 6.92 Å². The van der Waals surface area contributed by atoms with Crippen LogP contribution in [0.1, 0.15) is 16.1 Å². The first kappa shape index (κ1) is 18.6. The first-order valence-corrected chi connectivity index (χ1v) is 8.72. The van der Waals surface area contributed by atoms with Crippen molar-refractivity contribution >= 4 is 16.8 Å². The molecule has 0 unspecified atom stereocenters. The van der Waals surface area contributed by atoms with E-state index >= 15 is 0 Å². The molecule has 1 heterocycles. The summed E-state index contributed by atoms with van der Waals surface area (Å²) in [5.41, 5.74) is 2.79. The molecule has 6 nitrogen and oxygen atoms in total.